The molecular formula is C16H21NO4. The Labute approximate surface area is 124 Å². The molecule has 0 aliphatic carbocycles. The van der Waals surface area contributed by atoms with Gasteiger partial charge in [-0.3, -0.25) is 9.69 Å². The van der Waals surface area contributed by atoms with Crippen molar-refractivity contribution in [1.29, 1.82) is 0 Å². The summed E-state index contributed by atoms with van der Waals surface area (Å²) in [5.41, 5.74) is 2.23. The van der Waals surface area contributed by atoms with Gasteiger partial charge in [-0.25, -0.2) is 4.79 Å². The minimum atomic E-state index is -0.918. The van der Waals surface area contributed by atoms with Crippen LogP contribution in [0.25, 0.3) is 0 Å². The summed E-state index contributed by atoms with van der Waals surface area (Å²) in [7, 11) is 0. The van der Waals surface area contributed by atoms with E-state index in [9.17, 15) is 9.59 Å². The maximum absolute atomic E-state index is 12.4. The molecule has 0 radical (unpaired) electrons. The van der Waals surface area contributed by atoms with Gasteiger partial charge in [-0.2, -0.15) is 0 Å². The summed E-state index contributed by atoms with van der Waals surface area (Å²) in [6.45, 7) is 7.36. The topological polar surface area (TPSA) is 66.8 Å². The highest BCUT2D eigenvalue weighted by Crippen LogP contribution is 2.36. The standard InChI is InChI=1S/C16H21NO4/c1-10-6-5-7-13-12(10)8-11(9-14(18)19)17(13)15(20)21-16(2,3)4/h5-7,11H,8-9H2,1-4H3,(H,18,19). The van der Waals surface area contributed by atoms with Gasteiger partial charge >= 0.3 is 12.1 Å². The predicted octanol–water partition coefficient (Wildman–Crippen LogP) is 3.14. The molecule has 1 atom stereocenters. The van der Waals surface area contributed by atoms with Crippen molar-refractivity contribution in [3.05, 3.63) is 29.3 Å². The lowest BCUT2D eigenvalue weighted by atomic mass is 10.0. The third-order valence-corrected chi connectivity index (χ3v) is 3.45. The average molecular weight is 291 g/mol. The highest BCUT2D eigenvalue weighted by atomic mass is 16.6. The molecule has 0 fully saturated rings. The van der Waals surface area contributed by atoms with Crippen LogP contribution in [0.1, 0.15) is 38.3 Å². The molecule has 21 heavy (non-hydrogen) atoms. The first-order valence-electron chi connectivity index (χ1n) is 7.01. The molecule has 1 aromatic rings. The van der Waals surface area contributed by atoms with Gasteiger partial charge in [-0.05, 0) is 51.3 Å². The Morgan fingerprint density at radius 3 is 2.62 bits per heavy atom. The molecule has 0 spiro atoms. The Morgan fingerprint density at radius 1 is 1.38 bits per heavy atom. The number of aryl methyl sites for hydroxylation is 1. The van der Waals surface area contributed by atoms with Crippen molar-refractivity contribution in [2.45, 2.75) is 52.2 Å². The van der Waals surface area contributed by atoms with Crippen LogP contribution in [0.5, 0.6) is 0 Å². The first-order valence-corrected chi connectivity index (χ1v) is 7.01. The van der Waals surface area contributed by atoms with Crippen molar-refractivity contribution in [2.75, 3.05) is 4.90 Å². The summed E-state index contributed by atoms with van der Waals surface area (Å²) in [4.78, 5) is 25.0. The third-order valence-electron chi connectivity index (χ3n) is 3.45. The maximum Gasteiger partial charge on any atom is 0.415 e. The minimum Gasteiger partial charge on any atom is -0.481 e. The third kappa shape index (κ3) is 3.35. The predicted molar refractivity (Wildman–Crippen MR) is 79.6 cm³/mol. The van der Waals surface area contributed by atoms with E-state index in [1.54, 1.807) is 20.8 Å². The van der Waals surface area contributed by atoms with Gasteiger partial charge < -0.3 is 9.84 Å². The monoisotopic (exact) mass is 291 g/mol. The van der Waals surface area contributed by atoms with Gasteiger partial charge in [0.15, 0.2) is 0 Å². The Kier molecular flexibility index (Phi) is 3.94. The van der Waals surface area contributed by atoms with E-state index in [-0.39, 0.29) is 6.42 Å². The number of carbonyl (C=O) groups is 2. The minimum absolute atomic E-state index is 0.0899. The molecule has 2 rings (SSSR count). The van der Waals surface area contributed by atoms with Crippen molar-refractivity contribution >= 4 is 17.7 Å². The van der Waals surface area contributed by atoms with E-state index in [0.717, 1.165) is 16.8 Å². The highest BCUT2D eigenvalue weighted by molar-refractivity contribution is 5.92. The van der Waals surface area contributed by atoms with Crippen LogP contribution < -0.4 is 4.90 Å². The van der Waals surface area contributed by atoms with Gasteiger partial charge in [0.05, 0.1) is 18.2 Å². The maximum atomic E-state index is 12.4. The fourth-order valence-corrected chi connectivity index (χ4v) is 2.63. The molecule has 1 N–H and O–H groups in total. The van der Waals surface area contributed by atoms with E-state index in [4.69, 9.17) is 9.84 Å². The number of carboxylic acids is 1. The van der Waals surface area contributed by atoms with Crippen LogP contribution in [0.4, 0.5) is 10.5 Å². The second-order valence-electron chi connectivity index (χ2n) is 6.38. The summed E-state index contributed by atoms with van der Waals surface area (Å²) in [5, 5.41) is 9.08. The number of rotatable bonds is 2. The van der Waals surface area contributed by atoms with Gasteiger partial charge in [0.2, 0.25) is 0 Å². The van der Waals surface area contributed by atoms with Crippen molar-refractivity contribution < 1.29 is 19.4 Å². The zero-order chi connectivity index (χ0) is 15.8. The molecule has 0 bridgehead atoms. The molecule has 1 aliphatic rings. The van der Waals surface area contributed by atoms with Gasteiger partial charge in [0.1, 0.15) is 5.60 Å². The summed E-state index contributed by atoms with van der Waals surface area (Å²) in [6, 6.07) is 5.28. The molecule has 0 aromatic heterocycles. The fourth-order valence-electron chi connectivity index (χ4n) is 2.63. The molecule has 0 saturated heterocycles. The molecule has 0 saturated carbocycles. The lowest BCUT2D eigenvalue weighted by Gasteiger charge is -2.28. The highest BCUT2D eigenvalue weighted by Gasteiger charge is 2.38. The van der Waals surface area contributed by atoms with Crippen LogP contribution in [0.3, 0.4) is 0 Å². The zero-order valence-electron chi connectivity index (χ0n) is 12.8. The van der Waals surface area contributed by atoms with Gasteiger partial charge in [0.25, 0.3) is 0 Å². The first-order chi connectivity index (χ1) is 9.69. The number of carbonyl (C=O) groups excluding carboxylic acids is 1. The smallest absolute Gasteiger partial charge is 0.415 e. The van der Waals surface area contributed by atoms with E-state index in [0.29, 0.717) is 6.42 Å². The SMILES string of the molecule is Cc1cccc2c1CC(CC(=O)O)N2C(=O)OC(C)(C)C. The zero-order valence-corrected chi connectivity index (χ0v) is 12.8. The fraction of sp³-hybridized carbons (Fsp3) is 0.500. The number of fused-ring (bicyclic) bond motifs is 1. The van der Waals surface area contributed by atoms with Crippen LogP contribution in [-0.2, 0) is 16.0 Å². The second kappa shape index (κ2) is 5.39. The van der Waals surface area contributed by atoms with Gasteiger partial charge in [-0.15, -0.1) is 0 Å². The van der Waals surface area contributed by atoms with Gasteiger partial charge in [-0.1, -0.05) is 12.1 Å². The van der Waals surface area contributed by atoms with Crippen LogP contribution in [0.15, 0.2) is 18.2 Å². The van der Waals surface area contributed by atoms with E-state index < -0.39 is 23.7 Å². The largest absolute Gasteiger partial charge is 0.481 e. The number of hydrogen-bond acceptors (Lipinski definition) is 3. The molecular weight excluding hydrogens is 270 g/mol. The van der Waals surface area contributed by atoms with Crippen molar-refractivity contribution in [1.82, 2.24) is 0 Å². The quantitative estimate of drug-likeness (QED) is 0.909. The Bertz CT molecular complexity index is 574. The summed E-state index contributed by atoms with van der Waals surface area (Å²) in [5.74, 6) is -0.918. The summed E-state index contributed by atoms with van der Waals surface area (Å²) in [6.07, 6.45) is -0.0286. The lowest BCUT2D eigenvalue weighted by molar-refractivity contribution is -0.137. The van der Waals surface area contributed by atoms with Crippen molar-refractivity contribution in [2.24, 2.45) is 0 Å². The Balaban J connectivity index is 2.36. The van der Waals surface area contributed by atoms with Crippen molar-refractivity contribution in [3.63, 3.8) is 0 Å². The summed E-state index contributed by atoms with van der Waals surface area (Å²) >= 11 is 0. The summed E-state index contributed by atoms with van der Waals surface area (Å²) < 4.78 is 5.42. The first kappa shape index (κ1) is 15.4. The van der Waals surface area contributed by atoms with Crippen molar-refractivity contribution in [3.8, 4) is 0 Å². The lowest BCUT2D eigenvalue weighted by Crippen LogP contribution is -2.42. The molecule has 1 amide bonds. The molecule has 1 aromatic carbocycles. The molecule has 1 aliphatic heterocycles. The normalized spacial score (nSPS) is 17.5. The Morgan fingerprint density at radius 2 is 2.05 bits per heavy atom. The number of anilines is 1. The molecule has 5 heteroatoms. The number of nitrogens with zero attached hydrogens (tertiary/aromatic N) is 1. The number of hydrogen-bond donors (Lipinski definition) is 1. The average Bonchev–Trinajstić information content (AvgIpc) is 2.65. The molecule has 1 unspecified atom stereocenters. The van der Waals surface area contributed by atoms with Crippen LogP contribution in [0.2, 0.25) is 0 Å². The van der Waals surface area contributed by atoms with Crippen LogP contribution >= 0.6 is 0 Å². The molecule has 1 heterocycles. The molecule has 114 valence electrons. The van der Waals surface area contributed by atoms with E-state index in [1.807, 2.05) is 25.1 Å². The van der Waals surface area contributed by atoms with E-state index in [2.05, 4.69) is 0 Å². The number of ether oxygens (including phenoxy) is 1. The number of aliphatic carboxylic acids is 1. The molecule has 5 nitrogen and oxygen atoms in total. The van der Waals surface area contributed by atoms with Crippen LogP contribution in [-0.4, -0.2) is 28.8 Å². The second-order valence-corrected chi connectivity index (χ2v) is 6.38. The Hall–Kier alpha value is -2.04. The number of amides is 1. The van der Waals surface area contributed by atoms with Crippen LogP contribution in [0, 0.1) is 6.92 Å². The van der Waals surface area contributed by atoms with E-state index >= 15 is 0 Å². The van der Waals surface area contributed by atoms with Gasteiger partial charge in [0, 0.05) is 0 Å². The number of carboxylic acid groups (broad SMARTS) is 1. The number of benzene rings is 1. The van der Waals surface area contributed by atoms with E-state index in [1.165, 1.54) is 4.90 Å².